The van der Waals surface area contributed by atoms with E-state index < -0.39 is 0 Å². The SMILES string of the molecule is COc1cccc(CCCN2CCOCC2)c1Cl. The van der Waals surface area contributed by atoms with E-state index in [-0.39, 0.29) is 0 Å². The molecular formula is C14H20ClNO2. The van der Waals surface area contributed by atoms with Crippen molar-refractivity contribution in [3.05, 3.63) is 28.8 Å². The Morgan fingerprint density at radius 1 is 1.33 bits per heavy atom. The molecule has 0 aromatic heterocycles. The van der Waals surface area contributed by atoms with Crippen LogP contribution in [0.5, 0.6) is 5.75 Å². The second kappa shape index (κ2) is 6.98. The van der Waals surface area contributed by atoms with Crippen molar-refractivity contribution in [2.75, 3.05) is 40.0 Å². The van der Waals surface area contributed by atoms with E-state index in [1.54, 1.807) is 7.11 Å². The Morgan fingerprint density at radius 3 is 2.83 bits per heavy atom. The number of methoxy groups -OCH3 is 1. The average Bonchev–Trinajstić information content (AvgIpc) is 2.42. The lowest BCUT2D eigenvalue weighted by atomic mass is 10.1. The first-order chi connectivity index (χ1) is 8.81. The van der Waals surface area contributed by atoms with Gasteiger partial charge in [0, 0.05) is 13.1 Å². The van der Waals surface area contributed by atoms with E-state index in [9.17, 15) is 0 Å². The Labute approximate surface area is 114 Å². The summed E-state index contributed by atoms with van der Waals surface area (Å²) in [5, 5.41) is 0.752. The number of aryl methyl sites for hydroxylation is 1. The van der Waals surface area contributed by atoms with Crippen molar-refractivity contribution >= 4 is 11.6 Å². The van der Waals surface area contributed by atoms with E-state index in [1.807, 2.05) is 12.1 Å². The van der Waals surface area contributed by atoms with Gasteiger partial charge in [-0.1, -0.05) is 23.7 Å². The fraction of sp³-hybridized carbons (Fsp3) is 0.571. The molecule has 1 saturated heterocycles. The average molecular weight is 270 g/mol. The van der Waals surface area contributed by atoms with Crippen LogP contribution in [0.2, 0.25) is 5.02 Å². The molecule has 2 rings (SSSR count). The number of rotatable bonds is 5. The van der Waals surface area contributed by atoms with Crippen LogP contribution < -0.4 is 4.74 Å². The maximum atomic E-state index is 6.27. The molecule has 0 amide bonds. The molecule has 0 atom stereocenters. The number of nitrogens with zero attached hydrogens (tertiary/aromatic N) is 1. The standard InChI is InChI=1S/C14H20ClNO2/c1-17-13-6-2-4-12(14(13)15)5-3-7-16-8-10-18-11-9-16/h2,4,6H,3,5,7-11H2,1H3. The van der Waals surface area contributed by atoms with Gasteiger partial charge in [0.15, 0.2) is 0 Å². The molecule has 1 fully saturated rings. The minimum absolute atomic E-state index is 0.752. The Kier molecular flexibility index (Phi) is 5.29. The predicted octanol–water partition coefficient (Wildman–Crippen LogP) is 2.61. The van der Waals surface area contributed by atoms with Crippen LogP contribution in [0.15, 0.2) is 18.2 Å². The first-order valence-electron chi connectivity index (χ1n) is 6.42. The van der Waals surface area contributed by atoms with Crippen LogP contribution in [-0.2, 0) is 11.2 Å². The number of benzene rings is 1. The monoisotopic (exact) mass is 269 g/mol. The Balaban J connectivity index is 1.82. The summed E-state index contributed by atoms with van der Waals surface area (Å²) in [6.07, 6.45) is 2.11. The molecule has 0 N–H and O–H groups in total. The zero-order valence-corrected chi connectivity index (χ0v) is 11.6. The van der Waals surface area contributed by atoms with Crippen LogP contribution in [-0.4, -0.2) is 44.9 Å². The molecule has 4 heteroatoms. The van der Waals surface area contributed by atoms with Crippen molar-refractivity contribution in [3.63, 3.8) is 0 Å². The molecule has 1 aliphatic rings. The molecule has 1 heterocycles. The summed E-state index contributed by atoms with van der Waals surface area (Å²) in [4.78, 5) is 2.44. The molecule has 0 spiro atoms. The van der Waals surface area contributed by atoms with E-state index in [2.05, 4.69) is 11.0 Å². The molecule has 0 saturated carbocycles. The van der Waals surface area contributed by atoms with Gasteiger partial charge in [-0.15, -0.1) is 0 Å². The lowest BCUT2D eigenvalue weighted by molar-refractivity contribution is 0.0375. The maximum Gasteiger partial charge on any atom is 0.137 e. The summed E-state index contributed by atoms with van der Waals surface area (Å²) in [5.41, 5.74) is 1.17. The normalized spacial score (nSPS) is 16.8. The summed E-state index contributed by atoms with van der Waals surface area (Å²) in [5.74, 6) is 0.764. The molecule has 100 valence electrons. The maximum absolute atomic E-state index is 6.27. The van der Waals surface area contributed by atoms with Crippen LogP contribution in [0.1, 0.15) is 12.0 Å². The highest BCUT2D eigenvalue weighted by molar-refractivity contribution is 6.32. The van der Waals surface area contributed by atoms with E-state index in [4.69, 9.17) is 21.1 Å². The van der Waals surface area contributed by atoms with E-state index in [1.165, 1.54) is 5.56 Å². The highest BCUT2D eigenvalue weighted by Gasteiger charge is 2.11. The molecule has 1 aromatic carbocycles. The van der Waals surface area contributed by atoms with E-state index in [0.29, 0.717) is 0 Å². The van der Waals surface area contributed by atoms with Crippen molar-refractivity contribution in [2.45, 2.75) is 12.8 Å². The summed E-state index contributed by atoms with van der Waals surface area (Å²) in [6.45, 7) is 4.93. The summed E-state index contributed by atoms with van der Waals surface area (Å²) in [6, 6.07) is 5.97. The summed E-state index contributed by atoms with van der Waals surface area (Å²) >= 11 is 6.27. The Bertz CT molecular complexity index is 378. The molecule has 0 bridgehead atoms. The van der Waals surface area contributed by atoms with Gasteiger partial charge in [-0.3, -0.25) is 4.90 Å². The van der Waals surface area contributed by atoms with Gasteiger partial charge in [0.05, 0.1) is 25.3 Å². The third kappa shape index (κ3) is 3.61. The second-order valence-electron chi connectivity index (χ2n) is 4.49. The molecule has 3 nitrogen and oxygen atoms in total. The van der Waals surface area contributed by atoms with Crippen LogP contribution >= 0.6 is 11.6 Å². The minimum atomic E-state index is 0.752. The van der Waals surface area contributed by atoms with Gasteiger partial charge in [0.2, 0.25) is 0 Å². The zero-order valence-electron chi connectivity index (χ0n) is 10.8. The molecule has 0 unspecified atom stereocenters. The molecule has 0 radical (unpaired) electrons. The Morgan fingerprint density at radius 2 is 2.11 bits per heavy atom. The summed E-state index contributed by atoms with van der Waals surface area (Å²) in [7, 11) is 1.65. The van der Waals surface area contributed by atoms with E-state index in [0.717, 1.165) is 56.5 Å². The second-order valence-corrected chi connectivity index (χ2v) is 4.87. The first kappa shape index (κ1) is 13.7. The van der Waals surface area contributed by atoms with E-state index >= 15 is 0 Å². The number of ether oxygens (including phenoxy) is 2. The third-order valence-corrected chi connectivity index (χ3v) is 3.72. The number of morpholine rings is 1. The van der Waals surface area contributed by atoms with Crippen molar-refractivity contribution in [1.82, 2.24) is 4.90 Å². The lowest BCUT2D eigenvalue weighted by Gasteiger charge is -2.26. The first-order valence-corrected chi connectivity index (χ1v) is 6.80. The van der Waals surface area contributed by atoms with Crippen LogP contribution in [0.4, 0.5) is 0 Å². The number of hydrogen-bond donors (Lipinski definition) is 0. The van der Waals surface area contributed by atoms with Crippen LogP contribution in [0, 0.1) is 0 Å². The van der Waals surface area contributed by atoms with Crippen molar-refractivity contribution in [3.8, 4) is 5.75 Å². The van der Waals surface area contributed by atoms with Crippen LogP contribution in [0.3, 0.4) is 0 Å². The van der Waals surface area contributed by atoms with Gasteiger partial charge < -0.3 is 9.47 Å². The van der Waals surface area contributed by atoms with Crippen molar-refractivity contribution in [2.24, 2.45) is 0 Å². The zero-order chi connectivity index (χ0) is 12.8. The van der Waals surface area contributed by atoms with Gasteiger partial charge in [-0.2, -0.15) is 0 Å². The predicted molar refractivity (Wildman–Crippen MR) is 73.6 cm³/mol. The van der Waals surface area contributed by atoms with Gasteiger partial charge in [0.25, 0.3) is 0 Å². The van der Waals surface area contributed by atoms with Crippen molar-refractivity contribution < 1.29 is 9.47 Å². The smallest absolute Gasteiger partial charge is 0.137 e. The Hall–Kier alpha value is -0.770. The van der Waals surface area contributed by atoms with Crippen molar-refractivity contribution in [1.29, 1.82) is 0 Å². The van der Waals surface area contributed by atoms with Gasteiger partial charge >= 0.3 is 0 Å². The molecular weight excluding hydrogens is 250 g/mol. The minimum Gasteiger partial charge on any atom is -0.495 e. The topological polar surface area (TPSA) is 21.7 Å². The third-order valence-electron chi connectivity index (χ3n) is 3.29. The van der Waals surface area contributed by atoms with Gasteiger partial charge in [-0.05, 0) is 31.0 Å². The molecule has 0 aliphatic carbocycles. The van der Waals surface area contributed by atoms with Gasteiger partial charge in [-0.25, -0.2) is 0 Å². The van der Waals surface area contributed by atoms with Gasteiger partial charge in [0.1, 0.15) is 5.75 Å². The lowest BCUT2D eigenvalue weighted by Crippen LogP contribution is -2.36. The number of hydrogen-bond acceptors (Lipinski definition) is 3. The fourth-order valence-corrected chi connectivity index (χ4v) is 2.52. The van der Waals surface area contributed by atoms with Crippen LogP contribution in [0.25, 0.3) is 0 Å². The highest BCUT2D eigenvalue weighted by atomic mass is 35.5. The molecule has 1 aliphatic heterocycles. The largest absolute Gasteiger partial charge is 0.495 e. The quantitative estimate of drug-likeness (QED) is 0.820. The number of halogens is 1. The fourth-order valence-electron chi connectivity index (χ4n) is 2.22. The summed E-state index contributed by atoms with van der Waals surface area (Å²) < 4.78 is 10.6. The molecule has 1 aromatic rings. The molecule has 18 heavy (non-hydrogen) atoms. The highest BCUT2D eigenvalue weighted by Crippen LogP contribution is 2.28.